The SMILES string of the molecule is Cc1nc2ccccc2n1C[C@H](O)COc1ccc(CC#N)cc1. The summed E-state index contributed by atoms with van der Waals surface area (Å²) in [6.07, 6.45) is -0.254. The van der Waals surface area contributed by atoms with E-state index in [1.54, 1.807) is 0 Å². The van der Waals surface area contributed by atoms with Gasteiger partial charge in [-0.25, -0.2) is 4.98 Å². The minimum atomic E-state index is -0.639. The van der Waals surface area contributed by atoms with E-state index in [-0.39, 0.29) is 6.61 Å². The average Bonchev–Trinajstić information content (AvgIpc) is 2.90. The molecular formula is C19H19N3O2. The molecular weight excluding hydrogens is 302 g/mol. The van der Waals surface area contributed by atoms with Crippen LogP contribution in [0.2, 0.25) is 0 Å². The zero-order valence-electron chi connectivity index (χ0n) is 13.5. The first-order valence-electron chi connectivity index (χ1n) is 7.86. The van der Waals surface area contributed by atoms with Crippen LogP contribution in [-0.4, -0.2) is 27.4 Å². The van der Waals surface area contributed by atoms with Gasteiger partial charge in [-0.15, -0.1) is 0 Å². The van der Waals surface area contributed by atoms with Gasteiger partial charge in [0.25, 0.3) is 0 Å². The lowest BCUT2D eigenvalue weighted by Crippen LogP contribution is -2.24. The molecule has 0 bridgehead atoms. The zero-order valence-corrected chi connectivity index (χ0v) is 13.5. The molecule has 2 aromatic carbocycles. The number of aliphatic hydroxyl groups is 1. The van der Waals surface area contributed by atoms with E-state index in [2.05, 4.69) is 11.1 Å². The Bertz CT molecular complexity index is 862. The summed E-state index contributed by atoms with van der Waals surface area (Å²) in [5.74, 6) is 1.55. The number of ether oxygens (including phenoxy) is 1. The second kappa shape index (κ2) is 7.16. The Morgan fingerprint density at radius 2 is 1.96 bits per heavy atom. The van der Waals surface area contributed by atoms with Crippen LogP contribution < -0.4 is 4.74 Å². The summed E-state index contributed by atoms with van der Waals surface area (Å²) in [6.45, 7) is 2.56. The van der Waals surface area contributed by atoms with Crippen LogP contribution in [-0.2, 0) is 13.0 Å². The van der Waals surface area contributed by atoms with Crippen LogP contribution in [0, 0.1) is 18.3 Å². The molecule has 3 aromatic rings. The van der Waals surface area contributed by atoms with Crippen molar-refractivity contribution >= 4 is 11.0 Å². The largest absolute Gasteiger partial charge is 0.491 e. The van der Waals surface area contributed by atoms with Gasteiger partial charge >= 0.3 is 0 Å². The molecule has 1 heterocycles. The Kier molecular flexibility index (Phi) is 4.78. The fourth-order valence-corrected chi connectivity index (χ4v) is 2.68. The molecule has 3 rings (SSSR count). The first-order chi connectivity index (χ1) is 11.7. The van der Waals surface area contributed by atoms with E-state index in [1.807, 2.05) is 60.0 Å². The van der Waals surface area contributed by atoms with Gasteiger partial charge in [0.1, 0.15) is 24.3 Å². The number of hydrogen-bond donors (Lipinski definition) is 1. The van der Waals surface area contributed by atoms with E-state index in [4.69, 9.17) is 10.00 Å². The third-order valence-electron chi connectivity index (χ3n) is 3.89. The number of nitrogens with zero attached hydrogens (tertiary/aromatic N) is 3. The number of hydrogen-bond acceptors (Lipinski definition) is 4. The topological polar surface area (TPSA) is 71.1 Å². The van der Waals surface area contributed by atoms with Gasteiger partial charge in [0.2, 0.25) is 0 Å². The van der Waals surface area contributed by atoms with Crippen LogP contribution in [0.4, 0.5) is 0 Å². The summed E-state index contributed by atoms with van der Waals surface area (Å²) in [7, 11) is 0. The first-order valence-corrected chi connectivity index (χ1v) is 7.86. The molecule has 1 atom stereocenters. The number of para-hydroxylation sites is 2. The minimum Gasteiger partial charge on any atom is -0.491 e. The van der Waals surface area contributed by atoms with Crippen LogP contribution in [0.3, 0.4) is 0 Å². The highest BCUT2D eigenvalue weighted by Gasteiger charge is 2.12. The highest BCUT2D eigenvalue weighted by atomic mass is 16.5. The molecule has 24 heavy (non-hydrogen) atoms. The van der Waals surface area contributed by atoms with Crippen LogP contribution >= 0.6 is 0 Å². The molecule has 5 heteroatoms. The number of aromatic nitrogens is 2. The number of fused-ring (bicyclic) bond motifs is 1. The second-order valence-corrected chi connectivity index (χ2v) is 5.70. The van der Waals surface area contributed by atoms with E-state index in [0.717, 1.165) is 22.4 Å². The molecule has 0 radical (unpaired) electrons. The smallest absolute Gasteiger partial charge is 0.119 e. The van der Waals surface area contributed by atoms with Crippen molar-refractivity contribution in [3.63, 3.8) is 0 Å². The molecule has 0 aliphatic rings. The molecule has 5 nitrogen and oxygen atoms in total. The summed E-state index contributed by atoms with van der Waals surface area (Å²) in [5.41, 5.74) is 2.89. The molecule has 0 saturated heterocycles. The molecule has 0 saturated carbocycles. The number of aryl methyl sites for hydroxylation is 1. The third-order valence-corrected chi connectivity index (χ3v) is 3.89. The quantitative estimate of drug-likeness (QED) is 0.758. The van der Waals surface area contributed by atoms with Crippen molar-refractivity contribution in [2.75, 3.05) is 6.61 Å². The maximum atomic E-state index is 10.3. The summed E-state index contributed by atoms with van der Waals surface area (Å²) >= 11 is 0. The Morgan fingerprint density at radius 3 is 2.71 bits per heavy atom. The van der Waals surface area contributed by atoms with Crippen molar-refractivity contribution in [3.8, 4) is 11.8 Å². The van der Waals surface area contributed by atoms with Crippen LogP contribution in [0.1, 0.15) is 11.4 Å². The van der Waals surface area contributed by atoms with Crippen molar-refractivity contribution in [2.24, 2.45) is 0 Å². The lowest BCUT2D eigenvalue weighted by Gasteiger charge is -2.15. The lowest BCUT2D eigenvalue weighted by atomic mass is 10.2. The Labute approximate surface area is 140 Å². The van der Waals surface area contributed by atoms with Crippen molar-refractivity contribution in [1.82, 2.24) is 9.55 Å². The monoisotopic (exact) mass is 321 g/mol. The van der Waals surface area contributed by atoms with E-state index in [9.17, 15) is 5.11 Å². The van der Waals surface area contributed by atoms with E-state index < -0.39 is 6.10 Å². The van der Waals surface area contributed by atoms with Gasteiger partial charge in [0.05, 0.1) is 30.1 Å². The van der Waals surface area contributed by atoms with Crippen LogP contribution in [0.15, 0.2) is 48.5 Å². The maximum Gasteiger partial charge on any atom is 0.119 e. The number of imidazole rings is 1. The summed E-state index contributed by atoms with van der Waals surface area (Å²) in [4.78, 5) is 4.50. The molecule has 122 valence electrons. The molecule has 0 spiro atoms. The Hall–Kier alpha value is -2.84. The maximum absolute atomic E-state index is 10.3. The fourth-order valence-electron chi connectivity index (χ4n) is 2.68. The molecule has 0 unspecified atom stereocenters. The first kappa shape index (κ1) is 16.0. The number of nitriles is 1. The van der Waals surface area contributed by atoms with Crippen molar-refractivity contribution in [3.05, 3.63) is 59.9 Å². The normalized spacial score (nSPS) is 12.0. The zero-order chi connectivity index (χ0) is 16.9. The van der Waals surface area contributed by atoms with Gasteiger partial charge in [-0.3, -0.25) is 0 Å². The van der Waals surface area contributed by atoms with Gasteiger partial charge in [-0.05, 0) is 36.8 Å². The summed E-state index contributed by atoms with van der Waals surface area (Å²) in [6, 6.07) is 17.3. The molecule has 0 amide bonds. The molecule has 0 aliphatic heterocycles. The predicted octanol–water partition coefficient (Wildman–Crippen LogP) is 2.85. The van der Waals surface area contributed by atoms with Gasteiger partial charge in [0, 0.05) is 0 Å². The number of benzene rings is 2. The van der Waals surface area contributed by atoms with E-state index in [0.29, 0.717) is 18.7 Å². The Morgan fingerprint density at radius 1 is 1.21 bits per heavy atom. The van der Waals surface area contributed by atoms with Gasteiger partial charge in [0.15, 0.2) is 0 Å². The van der Waals surface area contributed by atoms with Gasteiger partial charge in [-0.1, -0.05) is 24.3 Å². The highest BCUT2D eigenvalue weighted by molar-refractivity contribution is 5.75. The highest BCUT2D eigenvalue weighted by Crippen LogP contribution is 2.17. The van der Waals surface area contributed by atoms with Crippen LogP contribution in [0.5, 0.6) is 5.75 Å². The number of rotatable bonds is 6. The lowest BCUT2D eigenvalue weighted by molar-refractivity contribution is 0.0929. The van der Waals surface area contributed by atoms with E-state index >= 15 is 0 Å². The third kappa shape index (κ3) is 3.55. The van der Waals surface area contributed by atoms with Crippen molar-refractivity contribution in [1.29, 1.82) is 5.26 Å². The molecule has 1 aromatic heterocycles. The Balaban J connectivity index is 1.62. The predicted molar refractivity (Wildman–Crippen MR) is 91.7 cm³/mol. The van der Waals surface area contributed by atoms with Crippen molar-refractivity contribution in [2.45, 2.75) is 26.0 Å². The second-order valence-electron chi connectivity index (χ2n) is 5.70. The van der Waals surface area contributed by atoms with E-state index in [1.165, 1.54) is 0 Å². The molecule has 0 fully saturated rings. The number of aliphatic hydroxyl groups excluding tert-OH is 1. The van der Waals surface area contributed by atoms with Crippen molar-refractivity contribution < 1.29 is 9.84 Å². The minimum absolute atomic E-state index is 0.198. The fraction of sp³-hybridized carbons (Fsp3) is 0.263. The average molecular weight is 321 g/mol. The van der Waals surface area contributed by atoms with Gasteiger partial charge in [-0.2, -0.15) is 5.26 Å². The standard InChI is InChI=1S/C19H19N3O2/c1-14-21-18-4-2-3-5-19(18)22(14)12-16(23)13-24-17-8-6-15(7-9-17)10-11-20/h2-9,16,23H,10,12-13H2,1H3/t16-/m0/s1. The molecule has 1 N–H and O–H groups in total. The summed E-state index contributed by atoms with van der Waals surface area (Å²) < 4.78 is 7.63. The molecule has 0 aliphatic carbocycles. The van der Waals surface area contributed by atoms with Crippen LogP contribution in [0.25, 0.3) is 11.0 Å². The van der Waals surface area contributed by atoms with Gasteiger partial charge < -0.3 is 14.4 Å². The summed E-state index contributed by atoms with van der Waals surface area (Å²) in [5, 5.41) is 19.0.